The molecule has 0 bridgehead atoms. The molecule has 1 aromatic carbocycles. The molecule has 0 saturated carbocycles. The Balaban J connectivity index is 2.17. The largest absolute Gasteiger partial charge is 0.361 e. The summed E-state index contributed by atoms with van der Waals surface area (Å²) < 4.78 is 41.9. The second-order valence-corrected chi connectivity index (χ2v) is 6.53. The summed E-state index contributed by atoms with van der Waals surface area (Å²) in [5.41, 5.74) is 1.75. The summed E-state index contributed by atoms with van der Waals surface area (Å²) in [5.74, 6) is -0.116. The fourth-order valence-corrected chi connectivity index (χ4v) is 3.47. The van der Waals surface area contributed by atoms with Gasteiger partial charge in [-0.15, -0.1) is 0 Å². The van der Waals surface area contributed by atoms with Crippen molar-refractivity contribution in [1.82, 2.24) is 5.16 Å². The number of aryl methyl sites for hydroxylation is 2. The van der Waals surface area contributed by atoms with Crippen LogP contribution in [0.2, 0.25) is 0 Å². The topological polar surface area (TPSA) is 60.2 Å². The van der Waals surface area contributed by atoms with Crippen molar-refractivity contribution in [3.05, 3.63) is 52.7 Å². The molecular weight excluding hydrogens is 269 g/mol. The van der Waals surface area contributed by atoms with Crippen molar-refractivity contribution in [2.24, 2.45) is 0 Å². The highest BCUT2D eigenvalue weighted by Gasteiger charge is 2.19. The zero-order chi connectivity index (χ0) is 14.0. The SMILES string of the molecule is Cc1noc(C)c1CS(=O)(=O)Cc1ccc(F)cc1. The Morgan fingerprint density at radius 3 is 2.32 bits per heavy atom. The van der Waals surface area contributed by atoms with E-state index in [9.17, 15) is 12.8 Å². The van der Waals surface area contributed by atoms with Crippen LogP contribution >= 0.6 is 0 Å². The van der Waals surface area contributed by atoms with E-state index >= 15 is 0 Å². The Kier molecular flexibility index (Phi) is 3.71. The molecule has 0 spiro atoms. The predicted octanol–water partition coefficient (Wildman–Crippen LogP) is 2.55. The van der Waals surface area contributed by atoms with E-state index < -0.39 is 9.84 Å². The van der Waals surface area contributed by atoms with Crippen LogP contribution in [0, 0.1) is 19.7 Å². The molecule has 0 saturated heterocycles. The molecule has 0 aliphatic rings. The maximum Gasteiger partial charge on any atom is 0.158 e. The van der Waals surface area contributed by atoms with E-state index in [0.717, 1.165) is 0 Å². The third-order valence-corrected chi connectivity index (χ3v) is 4.35. The quantitative estimate of drug-likeness (QED) is 0.865. The van der Waals surface area contributed by atoms with Crippen LogP contribution in [0.3, 0.4) is 0 Å². The predicted molar refractivity (Wildman–Crippen MR) is 68.7 cm³/mol. The Hall–Kier alpha value is -1.69. The summed E-state index contributed by atoms with van der Waals surface area (Å²) in [6.07, 6.45) is 0. The van der Waals surface area contributed by atoms with Gasteiger partial charge in [0.1, 0.15) is 11.6 Å². The van der Waals surface area contributed by atoms with Gasteiger partial charge >= 0.3 is 0 Å². The Morgan fingerprint density at radius 2 is 1.79 bits per heavy atom. The van der Waals surface area contributed by atoms with Gasteiger partial charge < -0.3 is 4.52 Å². The van der Waals surface area contributed by atoms with Crippen LogP contribution in [0.15, 0.2) is 28.8 Å². The molecule has 0 N–H and O–H groups in total. The average Bonchev–Trinajstić information content (AvgIpc) is 2.63. The van der Waals surface area contributed by atoms with E-state index in [1.807, 2.05) is 0 Å². The molecule has 2 rings (SSSR count). The van der Waals surface area contributed by atoms with Gasteiger partial charge in [0, 0.05) is 5.56 Å². The first-order valence-electron chi connectivity index (χ1n) is 5.74. The van der Waals surface area contributed by atoms with Crippen LogP contribution in [0.5, 0.6) is 0 Å². The summed E-state index contributed by atoms with van der Waals surface area (Å²) in [6.45, 7) is 3.39. The Morgan fingerprint density at radius 1 is 1.16 bits per heavy atom. The number of aromatic nitrogens is 1. The summed E-state index contributed by atoms with van der Waals surface area (Å²) in [6, 6.07) is 5.45. The first-order valence-corrected chi connectivity index (χ1v) is 7.56. The van der Waals surface area contributed by atoms with Gasteiger partial charge in [-0.1, -0.05) is 17.3 Å². The molecule has 19 heavy (non-hydrogen) atoms. The normalized spacial score (nSPS) is 11.7. The molecule has 0 amide bonds. The number of hydrogen-bond acceptors (Lipinski definition) is 4. The summed E-state index contributed by atoms with van der Waals surface area (Å²) in [4.78, 5) is 0. The van der Waals surface area contributed by atoms with Crippen molar-refractivity contribution in [2.75, 3.05) is 0 Å². The van der Waals surface area contributed by atoms with Crippen LogP contribution < -0.4 is 0 Å². The summed E-state index contributed by atoms with van der Waals surface area (Å²) >= 11 is 0. The third-order valence-electron chi connectivity index (χ3n) is 2.85. The highest BCUT2D eigenvalue weighted by atomic mass is 32.2. The van der Waals surface area contributed by atoms with E-state index in [1.165, 1.54) is 24.3 Å². The van der Waals surface area contributed by atoms with Gasteiger partial charge in [0.25, 0.3) is 0 Å². The van der Waals surface area contributed by atoms with E-state index in [1.54, 1.807) is 13.8 Å². The van der Waals surface area contributed by atoms with Gasteiger partial charge in [0.2, 0.25) is 0 Å². The molecule has 0 fully saturated rings. The second kappa shape index (κ2) is 5.13. The van der Waals surface area contributed by atoms with Crippen LogP contribution in [0.1, 0.15) is 22.6 Å². The lowest BCUT2D eigenvalue weighted by Gasteiger charge is -2.04. The highest BCUT2D eigenvalue weighted by molar-refractivity contribution is 7.89. The Bertz CT molecular complexity index is 655. The molecule has 0 atom stereocenters. The van der Waals surface area contributed by atoms with E-state index in [4.69, 9.17) is 4.52 Å². The molecule has 0 aliphatic heterocycles. The number of nitrogens with zero attached hydrogens (tertiary/aromatic N) is 1. The number of rotatable bonds is 4. The molecule has 1 aromatic heterocycles. The van der Waals surface area contributed by atoms with Crippen LogP contribution in [0.4, 0.5) is 4.39 Å². The van der Waals surface area contributed by atoms with Crippen molar-refractivity contribution >= 4 is 9.84 Å². The van der Waals surface area contributed by atoms with Gasteiger partial charge in [0.15, 0.2) is 9.84 Å². The zero-order valence-corrected chi connectivity index (χ0v) is 11.5. The van der Waals surface area contributed by atoms with Gasteiger partial charge in [0.05, 0.1) is 17.2 Å². The maximum atomic E-state index is 12.8. The standard InChI is InChI=1S/C13H14FNO3S/c1-9-13(10(2)18-15-9)8-19(16,17)7-11-3-5-12(14)6-4-11/h3-6H,7-8H2,1-2H3. The van der Waals surface area contributed by atoms with Crippen molar-refractivity contribution in [3.63, 3.8) is 0 Å². The number of benzene rings is 1. The molecule has 6 heteroatoms. The number of hydrogen-bond donors (Lipinski definition) is 0. The Labute approximate surface area is 111 Å². The van der Waals surface area contributed by atoms with Crippen LogP contribution in [-0.4, -0.2) is 13.6 Å². The molecule has 102 valence electrons. The van der Waals surface area contributed by atoms with Gasteiger partial charge in [-0.2, -0.15) is 0 Å². The lowest BCUT2D eigenvalue weighted by atomic mass is 10.2. The highest BCUT2D eigenvalue weighted by Crippen LogP contribution is 2.18. The zero-order valence-electron chi connectivity index (χ0n) is 10.7. The van der Waals surface area contributed by atoms with Crippen LogP contribution in [-0.2, 0) is 21.3 Å². The van der Waals surface area contributed by atoms with Crippen molar-refractivity contribution in [1.29, 1.82) is 0 Å². The van der Waals surface area contributed by atoms with E-state index in [2.05, 4.69) is 5.16 Å². The molecule has 0 unspecified atom stereocenters. The summed E-state index contributed by atoms with van der Waals surface area (Å²) in [5, 5.41) is 3.73. The van der Waals surface area contributed by atoms with Crippen LogP contribution in [0.25, 0.3) is 0 Å². The molecule has 1 heterocycles. The molecule has 2 aromatic rings. The summed E-state index contributed by atoms with van der Waals surface area (Å²) in [7, 11) is -3.34. The molecular formula is C13H14FNO3S. The lowest BCUT2D eigenvalue weighted by molar-refractivity contribution is 0.392. The average molecular weight is 283 g/mol. The fourth-order valence-electron chi connectivity index (χ4n) is 1.81. The second-order valence-electron chi connectivity index (χ2n) is 4.46. The monoisotopic (exact) mass is 283 g/mol. The minimum Gasteiger partial charge on any atom is -0.361 e. The van der Waals surface area contributed by atoms with Crippen molar-refractivity contribution in [3.8, 4) is 0 Å². The van der Waals surface area contributed by atoms with E-state index in [0.29, 0.717) is 22.6 Å². The molecule has 0 aliphatic carbocycles. The minimum atomic E-state index is -3.34. The fraction of sp³-hybridized carbons (Fsp3) is 0.308. The number of halogens is 1. The third kappa shape index (κ3) is 3.41. The number of sulfone groups is 1. The van der Waals surface area contributed by atoms with E-state index in [-0.39, 0.29) is 17.3 Å². The molecule has 4 nitrogen and oxygen atoms in total. The van der Waals surface area contributed by atoms with Crippen molar-refractivity contribution in [2.45, 2.75) is 25.4 Å². The maximum absolute atomic E-state index is 12.8. The minimum absolute atomic E-state index is 0.120. The first kappa shape index (κ1) is 13.7. The lowest BCUT2D eigenvalue weighted by Crippen LogP contribution is -2.08. The smallest absolute Gasteiger partial charge is 0.158 e. The first-order chi connectivity index (χ1) is 8.87. The van der Waals surface area contributed by atoms with Gasteiger partial charge in [-0.25, -0.2) is 12.8 Å². The van der Waals surface area contributed by atoms with Gasteiger partial charge in [-0.3, -0.25) is 0 Å². The molecule has 0 radical (unpaired) electrons. The van der Waals surface area contributed by atoms with Crippen molar-refractivity contribution < 1.29 is 17.3 Å². The van der Waals surface area contributed by atoms with Gasteiger partial charge in [-0.05, 0) is 31.5 Å².